The lowest BCUT2D eigenvalue weighted by Gasteiger charge is -2.19. The molecule has 3 amide bonds. The van der Waals surface area contributed by atoms with Crippen LogP contribution in [0.15, 0.2) is 0 Å². The zero-order valence-electron chi connectivity index (χ0n) is 10.2. The summed E-state index contributed by atoms with van der Waals surface area (Å²) in [6.45, 7) is 5.14. The molecule has 0 radical (unpaired) electrons. The minimum absolute atomic E-state index is 0.106. The van der Waals surface area contributed by atoms with Crippen molar-refractivity contribution in [2.45, 2.75) is 19.4 Å². The number of carbonyl (C=O) groups is 2. The second kappa shape index (κ2) is 5.01. The monoisotopic (exact) mass is 240 g/mol. The minimum atomic E-state index is -0.266. The van der Waals surface area contributed by atoms with E-state index in [0.717, 1.165) is 19.5 Å². The van der Waals surface area contributed by atoms with Crippen LogP contribution in [-0.4, -0.2) is 60.5 Å². The van der Waals surface area contributed by atoms with Gasteiger partial charge in [-0.2, -0.15) is 0 Å². The van der Waals surface area contributed by atoms with Crippen LogP contribution in [0.4, 0.5) is 4.79 Å². The van der Waals surface area contributed by atoms with E-state index in [-0.39, 0.29) is 18.0 Å². The van der Waals surface area contributed by atoms with Gasteiger partial charge in [0.1, 0.15) is 0 Å². The van der Waals surface area contributed by atoms with E-state index in [1.807, 2.05) is 6.92 Å². The average molecular weight is 240 g/mol. The molecule has 2 heterocycles. The lowest BCUT2D eigenvalue weighted by molar-refractivity contribution is -0.128. The van der Waals surface area contributed by atoms with Crippen molar-refractivity contribution < 1.29 is 9.59 Å². The third-order valence-corrected chi connectivity index (χ3v) is 3.57. The van der Waals surface area contributed by atoms with Gasteiger partial charge in [-0.3, -0.25) is 14.6 Å². The molecule has 0 aliphatic carbocycles. The number of likely N-dealkylation sites (tertiary alicyclic amines) is 1. The van der Waals surface area contributed by atoms with Crippen LogP contribution in [0.2, 0.25) is 0 Å². The summed E-state index contributed by atoms with van der Waals surface area (Å²) in [5.41, 5.74) is 5.85. The second-order valence-corrected chi connectivity index (χ2v) is 4.92. The molecular formula is C11H20N4O2. The molecule has 6 heteroatoms. The van der Waals surface area contributed by atoms with Crippen molar-refractivity contribution in [3.05, 3.63) is 0 Å². The number of rotatable bonds is 3. The first-order valence-corrected chi connectivity index (χ1v) is 6.14. The van der Waals surface area contributed by atoms with Crippen LogP contribution < -0.4 is 11.1 Å². The Morgan fingerprint density at radius 3 is 2.88 bits per heavy atom. The number of urea groups is 1. The Balaban J connectivity index is 1.82. The van der Waals surface area contributed by atoms with Crippen LogP contribution in [-0.2, 0) is 4.79 Å². The standard InChI is InChI=1S/C11H20N4O2/c1-8(12)9-2-4-14(6-9)7-10(16)15-5-3-13-11(15)17/h8-9H,2-7,12H2,1H3,(H,13,17). The maximum absolute atomic E-state index is 11.9. The highest BCUT2D eigenvalue weighted by atomic mass is 16.2. The zero-order chi connectivity index (χ0) is 12.4. The molecule has 2 fully saturated rings. The van der Waals surface area contributed by atoms with Gasteiger partial charge < -0.3 is 11.1 Å². The van der Waals surface area contributed by atoms with Gasteiger partial charge in [-0.25, -0.2) is 4.79 Å². The van der Waals surface area contributed by atoms with Crippen LogP contribution in [0.5, 0.6) is 0 Å². The SMILES string of the molecule is CC(N)C1CCN(CC(=O)N2CCNC2=O)C1. The number of nitrogens with one attached hydrogen (secondary N) is 1. The summed E-state index contributed by atoms with van der Waals surface area (Å²) >= 11 is 0. The van der Waals surface area contributed by atoms with E-state index in [9.17, 15) is 9.59 Å². The summed E-state index contributed by atoms with van der Waals surface area (Å²) in [4.78, 5) is 26.6. The van der Waals surface area contributed by atoms with Crippen molar-refractivity contribution in [3.63, 3.8) is 0 Å². The van der Waals surface area contributed by atoms with Gasteiger partial charge in [0.15, 0.2) is 0 Å². The summed E-state index contributed by atoms with van der Waals surface area (Å²) in [6.07, 6.45) is 1.04. The highest BCUT2D eigenvalue weighted by Crippen LogP contribution is 2.18. The van der Waals surface area contributed by atoms with Crippen LogP contribution in [0.3, 0.4) is 0 Å². The van der Waals surface area contributed by atoms with Crippen molar-refractivity contribution >= 4 is 11.9 Å². The van der Waals surface area contributed by atoms with Crippen molar-refractivity contribution in [1.29, 1.82) is 0 Å². The van der Waals surface area contributed by atoms with Gasteiger partial charge in [-0.05, 0) is 25.8 Å². The van der Waals surface area contributed by atoms with Gasteiger partial charge in [-0.15, -0.1) is 0 Å². The molecule has 0 bridgehead atoms. The Labute approximate surface area is 101 Å². The number of hydrogen-bond donors (Lipinski definition) is 2. The Hall–Kier alpha value is -1.14. The molecule has 0 aromatic carbocycles. The fourth-order valence-electron chi connectivity index (χ4n) is 2.42. The molecule has 2 aliphatic heterocycles. The van der Waals surface area contributed by atoms with E-state index in [0.29, 0.717) is 25.6 Å². The minimum Gasteiger partial charge on any atom is -0.336 e. The molecule has 6 nitrogen and oxygen atoms in total. The van der Waals surface area contributed by atoms with Crippen LogP contribution in [0.25, 0.3) is 0 Å². The van der Waals surface area contributed by atoms with Crippen molar-refractivity contribution in [2.75, 3.05) is 32.7 Å². The third-order valence-electron chi connectivity index (χ3n) is 3.57. The van der Waals surface area contributed by atoms with Gasteiger partial charge in [-0.1, -0.05) is 0 Å². The summed E-state index contributed by atoms with van der Waals surface area (Å²) in [5.74, 6) is 0.362. The number of hydrogen-bond acceptors (Lipinski definition) is 4. The van der Waals surface area contributed by atoms with Gasteiger partial charge >= 0.3 is 6.03 Å². The van der Waals surface area contributed by atoms with E-state index in [4.69, 9.17) is 5.73 Å². The maximum atomic E-state index is 11.9. The first kappa shape index (κ1) is 12.3. The summed E-state index contributed by atoms with van der Waals surface area (Å²) < 4.78 is 0. The Morgan fingerprint density at radius 1 is 1.59 bits per heavy atom. The quantitative estimate of drug-likeness (QED) is 0.677. The molecule has 2 atom stereocenters. The van der Waals surface area contributed by atoms with Crippen molar-refractivity contribution in [1.82, 2.24) is 15.1 Å². The molecule has 0 aromatic heterocycles. The van der Waals surface area contributed by atoms with E-state index < -0.39 is 0 Å². The van der Waals surface area contributed by atoms with Gasteiger partial charge in [0, 0.05) is 25.7 Å². The Morgan fingerprint density at radius 2 is 2.35 bits per heavy atom. The smallest absolute Gasteiger partial charge is 0.324 e. The van der Waals surface area contributed by atoms with Crippen LogP contribution in [0.1, 0.15) is 13.3 Å². The summed E-state index contributed by atoms with van der Waals surface area (Å²) in [7, 11) is 0. The van der Waals surface area contributed by atoms with E-state index in [1.54, 1.807) is 0 Å². The normalized spacial score (nSPS) is 27.3. The predicted molar refractivity (Wildman–Crippen MR) is 63.3 cm³/mol. The molecule has 3 N–H and O–H groups in total. The van der Waals surface area contributed by atoms with E-state index >= 15 is 0 Å². The zero-order valence-corrected chi connectivity index (χ0v) is 10.2. The first-order chi connectivity index (χ1) is 8.08. The van der Waals surface area contributed by atoms with Crippen molar-refractivity contribution in [2.24, 2.45) is 11.7 Å². The fourth-order valence-corrected chi connectivity index (χ4v) is 2.42. The topological polar surface area (TPSA) is 78.7 Å². The summed E-state index contributed by atoms with van der Waals surface area (Å²) in [6, 6.07) is -0.0943. The highest BCUT2D eigenvalue weighted by molar-refractivity contribution is 5.96. The predicted octanol–water partition coefficient (Wildman–Crippen LogP) is -0.793. The van der Waals surface area contributed by atoms with Gasteiger partial charge in [0.05, 0.1) is 6.54 Å². The molecule has 0 spiro atoms. The molecule has 96 valence electrons. The van der Waals surface area contributed by atoms with Crippen molar-refractivity contribution in [3.8, 4) is 0 Å². The Kier molecular flexibility index (Phi) is 3.63. The van der Waals surface area contributed by atoms with Gasteiger partial charge in [0.2, 0.25) is 5.91 Å². The average Bonchev–Trinajstić information content (AvgIpc) is 2.86. The first-order valence-electron chi connectivity index (χ1n) is 6.14. The second-order valence-electron chi connectivity index (χ2n) is 4.92. The molecule has 17 heavy (non-hydrogen) atoms. The van der Waals surface area contributed by atoms with E-state index in [2.05, 4.69) is 10.2 Å². The Bertz CT molecular complexity index is 319. The number of nitrogens with zero attached hydrogens (tertiary/aromatic N) is 2. The summed E-state index contributed by atoms with van der Waals surface area (Å²) in [5, 5.41) is 2.63. The highest BCUT2D eigenvalue weighted by Gasteiger charge is 2.31. The van der Waals surface area contributed by atoms with Crippen LogP contribution >= 0.6 is 0 Å². The molecule has 0 aromatic rings. The molecule has 2 aliphatic rings. The lowest BCUT2D eigenvalue weighted by Crippen LogP contribution is -2.41. The van der Waals surface area contributed by atoms with E-state index in [1.165, 1.54) is 4.90 Å². The molecule has 0 saturated carbocycles. The number of nitrogens with two attached hydrogens (primary N) is 1. The maximum Gasteiger partial charge on any atom is 0.324 e. The van der Waals surface area contributed by atoms with Crippen LogP contribution in [0, 0.1) is 5.92 Å². The number of imide groups is 1. The molecular weight excluding hydrogens is 220 g/mol. The third kappa shape index (κ3) is 2.76. The molecule has 2 saturated heterocycles. The number of amides is 3. The fraction of sp³-hybridized carbons (Fsp3) is 0.818. The molecule has 2 rings (SSSR count). The lowest BCUT2D eigenvalue weighted by atomic mass is 10.0. The largest absolute Gasteiger partial charge is 0.336 e. The van der Waals surface area contributed by atoms with Gasteiger partial charge in [0.25, 0.3) is 0 Å². The number of carbonyl (C=O) groups excluding carboxylic acids is 2. The molecule has 2 unspecified atom stereocenters.